The number of aliphatic hydroxyl groups excluding tert-OH is 1. The molecule has 0 spiro atoms. The van der Waals surface area contributed by atoms with E-state index in [9.17, 15) is 9.50 Å². The second kappa shape index (κ2) is 6.14. The first-order valence-electron chi connectivity index (χ1n) is 6.80. The second-order valence-corrected chi connectivity index (χ2v) is 6.53. The largest absolute Gasteiger partial charge is 0.393 e. The Balaban J connectivity index is 2.67. The maximum Gasteiger partial charge on any atom is 0.0906 e. The molecule has 3 heteroatoms. The van der Waals surface area contributed by atoms with E-state index in [4.69, 9.17) is 0 Å². The van der Waals surface area contributed by atoms with Gasteiger partial charge in [0.05, 0.1) is 12.8 Å². The van der Waals surface area contributed by atoms with Crippen molar-refractivity contribution in [3.8, 4) is 0 Å². The van der Waals surface area contributed by atoms with Gasteiger partial charge in [-0.1, -0.05) is 20.8 Å². The summed E-state index contributed by atoms with van der Waals surface area (Å²) in [5.41, 5.74) is 0.259. The summed E-state index contributed by atoms with van der Waals surface area (Å²) >= 11 is 0. The first-order valence-corrected chi connectivity index (χ1v) is 6.80. The minimum atomic E-state index is -0.250. The van der Waals surface area contributed by atoms with Gasteiger partial charge in [-0.25, -0.2) is 0 Å². The third-order valence-electron chi connectivity index (χ3n) is 4.11. The molecule has 0 aromatic rings. The zero-order valence-corrected chi connectivity index (χ0v) is 11.7. The Morgan fingerprint density at radius 2 is 1.94 bits per heavy atom. The predicted molar refractivity (Wildman–Crippen MR) is 69.8 cm³/mol. The number of nitrogens with zero attached hydrogens (tertiary/aromatic N) is 1. The molecule has 3 unspecified atom stereocenters. The van der Waals surface area contributed by atoms with E-state index in [-0.39, 0.29) is 18.2 Å². The van der Waals surface area contributed by atoms with E-state index in [2.05, 4.69) is 32.7 Å². The molecule has 2 nitrogen and oxygen atoms in total. The van der Waals surface area contributed by atoms with Crippen molar-refractivity contribution >= 4 is 0 Å². The van der Waals surface area contributed by atoms with Crippen molar-refractivity contribution in [1.29, 1.82) is 0 Å². The van der Waals surface area contributed by atoms with Crippen LogP contribution < -0.4 is 0 Å². The Morgan fingerprint density at radius 1 is 1.29 bits per heavy atom. The van der Waals surface area contributed by atoms with Crippen molar-refractivity contribution in [2.75, 3.05) is 20.3 Å². The molecule has 1 N–H and O–H groups in total. The predicted octanol–water partition coefficient (Wildman–Crippen LogP) is 2.85. The van der Waals surface area contributed by atoms with Crippen LogP contribution in [0.25, 0.3) is 0 Å². The van der Waals surface area contributed by atoms with E-state index in [1.54, 1.807) is 0 Å². The lowest BCUT2D eigenvalue weighted by atomic mass is 9.68. The number of hydrogen-bond donors (Lipinski definition) is 1. The van der Waals surface area contributed by atoms with E-state index in [0.717, 1.165) is 25.8 Å². The summed E-state index contributed by atoms with van der Waals surface area (Å²) in [6.45, 7) is 7.35. The van der Waals surface area contributed by atoms with Crippen LogP contribution in [0.15, 0.2) is 0 Å². The monoisotopic (exact) mass is 245 g/mol. The lowest BCUT2D eigenvalue weighted by Gasteiger charge is -2.46. The van der Waals surface area contributed by atoms with Gasteiger partial charge < -0.3 is 10.0 Å². The highest BCUT2D eigenvalue weighted by atomic mass is 19.1. The lowest BCUT2D eigenvalue weighted by molar-refractivity contribution is -0.00279. The summed E-state index contributed by atoms with van der Waals surface area (Å²) in [6, 6.07) is 0.394. The topological polar surface area (TPSA) is 23.5 Å². The molecule has 0 amide bonds. The van der Waals surface area contributed by atoms with Crippen molar-refractivity contribution in [1.82, 2.24) is 4.90 Å². The third kappa shape index (κ3) is 4.22. The highest BCUT2D eigenvalue weighted by Gasteiger charge is 2.38. The number of aliphatic hydroxyl groups is 1. The van der Waals surface area contributed by atoms with E-state index < -0.39 is 0 Å². The van der Waals surface area contributed by atoms with Crippen molar-refractivity contribution < 1.29 is 9.50 Å². The number of rotatable bonds is 4. The quantitative estimate of drug-likeness (QED) is 0.823. The molecule has 0 aliphatic heterocycles. The van der Waals surface area contributed by atoms with Crippen LogP contribution in [0.5, 0.6) is 0 Å². The van der Waals surface area contributed by atoms with Crippen LogP contribution in [0.2, 0.25) is 0 Å². The summed E-state index contributed by atoms with van der Waals surface area (Å²) in [5, 5.41) is 9.84. The summed E-state index contributed by atoms with van der Waals surface area (Å²) in [6.07, 6.45) is 3.25. The number of alkyl halides is 1. The molecular formula is C14H28FNO. The molecule has 1 aliphatic rings. The van der Waals surface area contributed by atoms with Gasteiger partial charge in [-0.2, -0.15) is 0 Å². The van der Waals surface area contributed by atoms with Crippen LogP contribution in [0, 0.1) is 11.3 Å². The van der Waals surface area contributed by atoms with Gasteiger partial charge >= 0.3 is 0 Å². The maximum absolute atomic E-state index is 12.3. The minimum Gasteiger partial charge on any atom is -0.393 e. The summed E-state index contributed by atoms with van der Waals surface area (Å²) in [5.74, 6) is 0.593. The van der Waals surface area contributed by atoms with Crippen LogP contribution >= 0.6 is 0 Å². The lowest BCUT2D eigenvalue weighted by Crippen LogP contribution is -2.48. The minimum absolute atomic E-state index is 0.175. The third-order valence-corrected chi connectivity index (χ3v) is 4.11. The molecule has 0 bridgehead atoms. The van der Waals surface area contributed by atoms with E-state index >= 15 is 0 Å². The highest BCUT2D eigenvalue weighted by Crippen LogP contribution is 2.40. The summed E-state index contributed by atoms with van der Waals surface area (Å²) in [7, 11) is 2.07. The van der Waals surface area contributed by atoms with Gasteiger partial charge in [0.1, 0.15) is 0 Å². The summed E-state index contributed by atoms with van der Waals surface area (Å²) in [4.78, 5) is 2.25. The molecular weight excluding hydrogens is 217 g/mol. The highest BCUT2D eigenvalue weighted by molar-refractivity contribution is 4.91. The molecule has 0 aromatic heterocycles. The first-order chi connectivity index (χ1) is 7.86. The zero-order valence-electron chi connectivity index (χ0n) is 11.7. The van der Waals surface area contributed by atoms with E-state index in [1.165, 1.54) is 0 Å². The van der Waals surface area contributed by atoms with E-state index in [1.807, 2.05) is 0 Å². The van der Waals surface area contributed by atoms with Crippen LogP contribution in [0.3, 0.4) is 0 Å². The van der Waals surface area contributed by atoms with Crippen LogP contribution in [-0.2, 0) is 0 Å². The fourth-order valence-electron chi connectivity index (χ4n) is 3.10. The van der Waals surface area contributed by atoms with Gasteiger partial charge in [0.25, 0.3) is 0 Å². The van der Waals surface area contributed by atoms with Gasteiger partial charge in [0.2, 0.25) is 0 Å². The average Bonchev–Trinajstić information content (AvgIpc) is 2.24. The number of halogens is 1. The van der Waals surface area contributed by atoms with Gasteiger partial charge in [0.15, 0.2) is 0 Å². The fraction of sp³-hybridized carbons (Fsp3) is 1.00. The Bertz CT molecular complexity index is 227. The van der Waals surface area contributed by atoms with Gasteiger partial charge in [-0.15, -0.1) is 0 Å². The molecule has 0 saturated heterocycles. The Labute approximate surface area is 105 Å². The zero-order chi connectivity index (χ0) is 13.1. The Kier molecular flexibility index (Phi) is 5.39. The molecule has 0 aromatic carbocycles. The molecule has 17 heavy (non-hydrogen) atoms. The van der Waals surface area contributed by atoms with Crippen LogP contribution in [0.4, 0.5) is 4.39 Å². The molecule has 1 saturated carbocycles. The van der Waals surface area contributed by atoms with Crippen molar-refractivity contribution in [2.45, 2.75) is 58.6 Å². The standard InChI is InChI=1S/C14H28FNO/c1-14(2,3)12-7-6-11(17)10-13(12)16(4)9-5-8-15/h11-13,17H,5-10H2,1-4H3. The van der Waals surface area contributed by atoms with Crippen LogP contribution in [0.1, 0.15) is 46.5 Å². The second-order valence-electron chi connectivity index (χ2n) is 6.53. The molecule has 3 atom stereocenters. The fourth-order valence-corrected chi connectivity index (χ4v) is 3.10. The van der Waals surface area contributed by atoms with E-state index in [0.29, 0.717) is 18.4 Å². The molecule has 0 heterocycles. The van der Waals surface area contributed by atoms with Gasteiger partial charge in [-0.05, 0) is 44.1 Å². The molecule has 1 rings (SSSR count). The smallest absolute Gasteiger partial charge is 0.0906 e. The van der Waals surface area contributed by atoms with Crippen molar-refractivity contribution in [3.05, 3.63) is 0 Å². The normalized spacial score (nSPS) is 30.9. The maximum atomic E-state index is 12.3. The molecule has 0 radical (unpaired) electrons. The Morgan fingerprint density at radius 3 is 2.47 bits per heavy atom. The first kappa shape index (κ1) is 14.9. The molecule has 1 aliphatic carbocycles. The SMILES string of the molecule is CN(CCCF)C1CC(O)CCC1C(C)(C)C. The van der Waals surface area contributed by atoms with Gasteiger partial charge in [-0.3, -0.25) is 4.39 Å². The average molecular weight is 245 g/mol. The molecule has 1 fully saturated rings. The van der Waals surface area contributed by atoms with Gasteiger partial charge in [0, 0.05) is 12.6 Å². The van der Waals surface area contributed by atoms with Crippen molar-refractivity contribution in [2.24, 2.45) is 11.3 Å². The van der Waals surface area contributed by atoms with Crippen LogP contribution in [-0.4, -0.2) is 42.4 Å². The summed E-state index contributed by atoms with van der Waals surface area (Å²) < 4.78 is 12.3. The van der Waals surface area contributed by atoms with Crippen molar-refractivity contribution in [3.63, 3.8) is 0 Å². The number of hydrogen-bond acceptors (Lipinski definition) is 2. The molecule has 102 valence electrons. The Hall–Kier alpha value is -0.150.